The lowest BCUT2D eigenvalue weighted by Crippen LogP contribution is -2.09. The number of aromatic hydroxyl groups is 1. The molecule has 2 aromatic carbocycles. The molecule has 6 heteroatoms. The van der Waals surface area contributed by atoms with Gasteiger partial charge < -0.3 is 21.5 Å². The van der Waals surface area contributed by atoms with Crippen LogP contribution >= 0.6 is 11.6 Å². The van der Waals surface area contributed by atoms with Crippen LogP contribution < -0.4 is 16.4 Å². The average Bonchev–Trinajstić information content (AvgIpc) is 2.39. The van der Waals surface area contributed by atoms with Gasteiger partial charge in [0.25, 0.3) is 0 Å². The molecule has 0 aliphatic rings. The first kappa shape index (κ1) is 15.0. The predicted molar refractivity (Wildman–Crippen MR) is 86.3 cm³/mol. The number of hydrogen-bond donors (Lipinski definition) is 4. The quantitative estimate of drug-likeness (QED) is 0.515. The number of carbonyl (C=O) groups is 1. The van der Waals surface area contributed by atoms with E-state index in [-0.39, 0.29) is 16.7 Å². The summed E-state index contributed by atoms with van der Waals surface area (Å²) in [5.74, 6) is -0.178. The number of nitrogens with two attached hydrogens (primary N) is 1. The summed E-state index contributed by atoms with van der Waals surface area (Å²) >= 11 is 5.88. The zero-order chi connectivity index (χ0) is 15.6. The molecule has 5 N–H and O–H groups in total. The molecule has 21 heavy (non-hydrogen) atoms. The summed E-state index contributed by atoms with van der Waals surface area (Å²) in [4.78, 5) is 11.3. The minimum Gasteiger partial charge on any atom is -0.506 e. The molecule has 2 rings (SSSR count). The Hall–Kier alpha value is -2.40. The molecule has 0 aromatic heterocycles. The van der Waals surface area contributed by atoms with Gasteiger partial charge >= 0.3 is 0 Å². The highest BCUT2D eigenvalue weighted by Gasteiger charge is 2.09. The standard InChI is InChI=1S/C15H16ClN3O2/c1-8-5-13(14(7-12(8)17)18-9(2)20)19-10-3-4-15(21)11(16)6-10/h3-7,19,21H,17H2,1-2H3,(H,18,20). The highest BCUT2D eigenvalue weighted by Crippen LogP contribution is 2.33. The predicted octanol–water partition coefficient (Wildman–Crippen LogP) is 3.64. The molecule has 110 valence electrons. The molecule has 0 spiro atoms. The van der Waals surface area contributed by atoms with Gasteiger partial charge in [-0.3, -0.25) is 4.79 Å². The van der Waals surface area contributed by atoms with Crippen LogP contribution in [-0.2, 0) is 4.79 Å². The molecule has 1 amide bonds. The average molecular weight is 306 g/mol. The van der Waals surface area contributed by atoms with Crippen molar-refractivity contribution in [3.8, 4) is 5.75 Å². The number of phenols is 1. The first-order valence-electron chi connectivity index (χ1n) is 6.30. The van der Waals surface area contributed by atoms with Gasteiger partial charge in [0, 0.05) is 18.3 Å². The van der Waals surface area contributed by atoms with Crippen molar-refractivity contribution in [3.05, 3.63) is 40.9 Å². The maximum Gasteiger partial charge on any atom is 0.221 e. The number of halogens is 1. The van der Waals surface area contributed by atoms with Crippen LogP contribution in [0.2, 0.25) is 5.02 Å². The Balaban J connectivity index is 2.39. The van der Waals surface area contributed by atoms with E-state index < -0.39 is 0 Å². The van der Waals surface area contributed by atoms with Crippen LogP contribution in [0.3, 0.4) is 0 Å². The molecule has 0 saturated carbocycles. The van der Waals surface area contributed by atoms with E-state index in [4.69, 9.17) is 17.3 Å². The monoisotopic (exact) mass is 305 g/mol. The Labute approximate surface area is 127 Å². The van der Waals surface area contributed by atoms with E-state index in [0.29, 0.717) is 22.7 Å². The van der Waals surface area contributed by atoms with Crippen molar-refractivity contribution in [1.29, 1.82) is 0 Å². The number of rotatable bonds is 3. The molecular weight excluding hydrogens is 290 g/mol. The normalized spacial score (nSPS) is 10.2. The largest absolute Gasteiger partial charge is 0.506 e. The van der Waals surface area contributed by atoms with Crippen molar-refractivity contribution in [2.45, 2.75) is 13.8 Å². The minimum absolute atomic E-state index is 0.0118. The molecule has 0 bridgehead atoms. The number of amides is 1. The molecule has 0 aliphatic heterocycles. The van der Waals surface area contributed by atoms with Crippen LogP contribution in [-0.4, -0.2) is 11.0 Å². The summed E-state index contributed by atoms with van der Waals surface area (Å²) in [6.45, 7) is 3.30. The third-order valence-corrected chi connectivity index (χ3v) is 3.25. The van der Waals surface area contributed by atoms with Gasteiger partial charge in [0.2, 0.25) is 5.91 Å². The van der Waals surface area contributed by atoms with Gasteiger partial charge in [0.05, 0.1) is 16.4 Å². The summed E-state index contributed by atoms with van der Waals surface area (Å²) in [6, 6.07) is 8.31. The highest BCUT2D eigenvalue weighted by molar-refractivity contribution is 6.32. The van der Waals surface area contributed by atoms with Crippen LogP contribution in [0.25, 0.3) is 0 Å². The number of benzene rings is 2. The molecule has 0 aliphatic carbocycles. The zero-order valence-electron chi connectivity index (χ0n) is 11.7. The Kier molecular flexibility index (Phi) is 4.23. The van der Waals surface area contributed by atoms with Crippen molar-refractivity contribution in [1.82, 2.24) is 0 Å². The second-order valence-electron chi connectivity index (χ2n) is 4.73. The Morgan fingerprint density at radius 2 is 1.95 bits per heavy atom. The third kappa shape index (κ3) is 3.58. The lowest BCUT2D eigenvalue weighted by atomic mass is 10.1. The lowest BCUT2D eigenvalue weighted by molar-refractivity contribution is -0.114. The van der Waals surface area contributed by atoms with Crippen LogP contribution in [0, 0.1) is 6.92 Å². The van der Waals surface area contributed by atoms with Crippen molar-refractivity contribution in [2.24, 2.45) is 0 Å². The van der Waals surface area contributed by atoms with Gasteiger partial charge in [0.1, 0.15) is 5.75 Å². The van der Waals surface area contributed by atoms with Crippen LogP contribution in [0.5, 0.6) is 5.75 Å². The highest BCUT2D eigenvalue weighted by atomic mass is 35.5. The molecule has 0 unspecified atom stereocenters. The number of anilines is 4. The number of hydrogen-bond acceptors (Lipinski definition) is 4. The van der Waals surface area contributed by atoms with Crippen LogP contribution in [0.1, 0.15) is 12.5 Å². The van der Waals surface area contributed by atoms with Gasteiger partial charge in [-0.2, -0.15) is 0 Å². The lowest BCUT2D eigenvalue weighted by Gasteiger charge is -2.15. The number of phenolic OH excluding ortho intramolecular Hbond substituents is 1. The topological polar surface area (TPSA) is 87.4 Å². The van der Waals surface area contributed by atoms with Crippen molar-refractivity contribution >= 4 is 40.3 Å². The molecular formula is C15H16ClN3O2. The second kappa shape index (κ2) is 5.93. The van der Waals surface area contributed by atoms with E-state index in [9.17, 15) is 9.90 Å². The summed E-state index contributed by atoms with van der Waals surface area (Å²) in [7, 11) is 0. The molecule has 0 saturated heterocycles. The SMILES string of the molecule is CC(=O)Nc1cc(N)c(C)cc1Nc1ccc(O)c(Cl)c1. The fourth-order valence-electron chi connectivity index (χ4n) is 1.86. The van der Waals surface area contributed by atoms with E-state index in [1.807, 2.05) is 13.0 Å². The van der Waals surface area contributed by atoms with Gasteiger partial charge in [-0.25, -0.2) is 0 Å². The Bertz CT molecular complexity index is 702. The van der Waals surface area contributed by atoms with Crippen molar-refractivity contribution in [3.63, 3.8) is 0 Å². The summed E-state index contributed by atoms with van der Waals surface area (Å²) < 4.78 is 0. The van der Waals surface area contributed by atoms with Crippen molar-refractivity contribution in [2.75, 3.05) is 16.4 Å². The van der Waals surface area contributed by atoms with E-state index in [1.165, 1.54) is 13.0 Å². The Morgan fingerprint density at radius 1 is 1.24 bits per heavy atom. The van der Waals surface area contributed by atoms with E-state index in [2.05, 4.69) is 10.6 Å². The Morgan fingerprint density at radius 3 is 2.57 bits per heavy atom. The number of nitrogen functional groups attached to an aromatic ring is 1. The summed E-state index contributed by atoms with van der Waals surface area (Å²) in [5, 5.41) is 15.5. The zero-order valence-corrected chi connectivity index (χ0v) is 12.5. The van der Waals surface area contributed by atoms with Gasteiger partial charge in [0.15, 0.2) is 0 Å². The van der Waals surface area contributed by atoms with E-state index in [0.717, 1.165) is 5.56 Å². The van der Waals surface area contributed by atoms with Crippen LogP contribution in [0.4, 0.5) is 22.7 Å². The first-order chi connectivity index (χ1) is 9.86. The number of carbonyl (C=O) groups excluding carboxylic acids is 1. The minimum atomic E-state index is -0.190. The van der Waals surface area contributed by atoms with E-state index >= 15 is 0 Å². The molecule has 2 aromatic rings. The maximum absolute atomic E-state index is 11.3. The molecule has 0 atom stereocenters. The third-order valence-electron chi connectivity index (χ3n) is 2.94. The van der Waals surface area contributed by atoms with Gasteiger partial charge in [-0.05, 0) is 42.8 Å². The number of aryl methyl sites for hydroxylation is 1. The van der Waals surface area contributed by atoms with Gasteiger partial charge in [-0.1, -0.05) is 11.6 Å². The van der Waals surface area contributed by atoms with E-state index in [1.54, 1.807) is 18.2 Å². The summed E-state index contributed by atoms with van der Waals surface area (Å²) in [5.41, 5.74) is 9.31. The van der Waals surface area contributed by atoms with Crippen LogP contribution in [0.15, 0.2) is 30.3 Å². The maximum atomic E-state index is 11.3. The van der Waals surface area contributed by atoms with Crippen molar-refractivity contribution < 1.29 is 9.90 Å². The molecule has 0 fully saturated rings. The fraction of sp³-hybridized carbons (Fsp3) is 0.133. The molecule has 0 heterocycles. The number of nitrogens with one attached hydrogen (secondary N) is 2. The fourth-order valence-corrected chi connectivity index (χ4v) is 2.04. The molecule has 5 nitrogen and oxygen atoms in total. The molecule has 0 radical (unpaired) electrons. The second-order valence-corrected chi connectivity index (χ2v) is 5.13. The first-order valence-corrected chi connectivity index (χ1v) is 6.68. The van der Waals surface area contributed by atoms with Gasteiger partial charge in [-0.15, -0.1) is 0 Å². The smallest absolute Gasteiger partial charge is 0.221 e. The summed E-state index contributed by atoms with van der Waals surface area (Å²) in [6.07, 6.45) is 0.